The first kappa shape index (κ1) is 22.6. The van der Waals surface area contributed by atoms with Gasteiger partial charge in [0.2, 0.25) is 0 Å². The summed E-state index contributed by atoms with van der Waals surface area (Å²) < 4.78 is 5.60. The fourth-order valence-electron chi connectivity index (χ4n) is 6.36. The topological polar surface area (TPSA) is 40.1 Å². The van der Waals surface area contributed by atoms with Crippen LogP contribution in [0.1, 0.15) is 64.2 Å². The number of piperidine rings is 1. The van der Waals surface area contributed by atoms with E-state index in [0.29, 0.717) is 11.6 Å². The molecule has 0 spiro atoms. The lowest BCUT2D eigenvalue weighted by Gasteiger charge is -2.45. The Kier molecular flexibility index (Phi) is 8.31. The maximum atomic E-state index is 5.60. The largest absolute Gasteiger partial charge is 0.381 e. The average molecular weight is 505 g/mol. The second-order valence-corrected chi connectivity index (χ2v) is 9.46. The van der Waals surface area contributed by atoms with Crippen molar-refractivity contribution < 1.29 is 4.74 Å². The minimum Gasteiger partial charge on any atom is -0.381 e. The monoisotopic (exact) mass is 504 g/mol. The van der Waals surface area contributed by atoms with Gasteiger partial charge >= 0.3 is 0 Å². The fourth-order valence-corrected chi connectivity index (χ4v) is 6.36. The normalized spacial score (nSPS) is 31.5. The zero-order chi connectivity index (χ0) is 18.7. The molecule has 28 heavy (non-hydrogen) atoms. The third-order valence-electron chi connectivity index (χ3n) is 8.04. The van der Waals surface area contributed by atoms with E-state index < -0.39 is 0 Å². The summed E-state index contributed by atoms with van der Waals surface area (Å²) in [6, 6.07) is 0. The van der Waals surface area contributed by atoms with Gasteiger partial charge in [0.05, 0.1) is 6.10 Å². The summed E-state index contributed by atoms with van der Waals surface area (Å²) in [5.41, 5.74) is 0.334. The van der Waals surface area contributed by atoms with Crippen LogP contribution in [0.25, 0.3) is 0 Å². The summed E-state index contributed by atoms with van der Waals surface area (Å²) in [6.07, 6.45) is 14.0. The van der Waals surface area contributed by atoms with Gasteiger partial charge in [-0.1, -0.05) is 25.7 Å². The minimum atomic E-state index is 0. The number of ether oxygens (including phenoxy) is 1. The summed E-state index contributed by atoms with van der Waals surface area (Å²) in [7, 11) is 3.83. The number of guanidine groups is 1. The van der Waals surface area contributed by atoms with Crippen molar-refractivity contribution in [3.8, 4) is 0 Å². The van der Waals surface area contributed by atoms with Crippen molar-refractivity contribution in [1.82, 2.24) is 15.1 Å². The summed E-state index contributed by atoms with van der Waals surface area (Å²) in [5, 5.41) is 3.83. The number of hydrogen-bond donors (Lipinski definition) is 1. The van der Waals surface area contributed by atoms with Crippen LogP contribution in [0.15, 0.2) is 4.99 Å². The number of halogens is 1. The molecule has 2 aliphatic heterocycles. The van der Waals surface area contributed by atoms with Gasteiger partial charge in [0.1, 0.15) is 0 Å². The Morgan fingerprint density at radius 3 is 2.14 bits per heavy atom. The molecule has 0 radical (unpaired) electrons. The van der Waals surface area contributed by atoms with Crippen molar-refractivity contribution in [2.75, 3.05) is 46.9 Å². The number of methoxy groups -OCH3 is 1. The molecule has 2 aliphatic carbocycles. The number of aliphatic imine (C=N–C) groups is 1. The standard InChI is InChI=1S/C22H40N4O.HI/c1-23-21(25-15-18-7-3-4-8-19(18)16-25)24-17-22(11-5-6-12-22)26-13-9-20(27-2)10-14-26;/h18-20H,3-17H2,1-2H3,(H,23,24);1H. The van der Waals surface area contributed by atoms with E-state index in [1.165, 1.54) is 90.4 Å². The Morgan fingerprint density at radius 1 is 1.00 bits per heavy atom. The summed E-state index contributed by atoms with van der Waals surface area (Å²) in [6.45, 7) is 5.87. The van der Waals surface area contributed by atoms with Gasteiger partial charge in [-0.2, -0.15) is 0 Å². The van der Waals surface area contributed by atoms with Gasteiger partial charge in [-0.05, 0) is 50.4 Å². The molecule has 1 N–H and O–H groups in total. The number of fused-ring (bicyclic) bond motifs is 1. The molecule has 2 heterocycles. The smallest absolute Gasteiger partial charge is 0.193 e. The third-order valence-corrected chi connectivity index (χ3v) is 8.04. The highest BCUT2D eigenvalue weighted by Crippen LogP contribution is 2.38. The van der Waals surface area contributed by atoms with Crippen LogP contribution in [0.3, 0.4) is 0 Å². The van der Waals surface area contributed by atoms with Crippen molar-refractivity contribution in [3.63, 3.8) is 0 Å². The molecule has 2 saturated carbocycles. The average Bonchev–Trinajstić information content (AvgIpc) is 3.36. The second-order valence-electron chi connectivity index (χ2n) is 9.46. The second kappa shape index (κ2) is 10.3. The molecule has 2 unspecified atom stereocenters. The predicted molar refractivity (Wildman–Crippen MR) is 127 cm³/mol. The first-order chi connectivity index (χ1) is 13.2. The minimum absolute atomic E-state index is 0. The van der Waals surface area contributed by atoms with E-state index in [2.05, 4.69) is 20.1 Å². The molecule has 4 fully saturated rings. The molecule has 162 valence electrons. The molecular formula is C22H41IN4O. The van der Waals surface area contributed by atoms with Crippen molar-refractivity contribution >= 4 is 29.9 Å². The SMILES string of the molecule is CN=C(NCC1(N2CCC(OC)CC2)CCCC1)N1CC2CCCCC2C1.I. The van der Waals surface area contributed by atoms with Crippen LogP contribution in [0.2, 0.25) is 0 Å². The van der Waals surface area contributed by atoms with Crippen molar-refractivity contribution in [2.24, 2.45) is 16.8 Å². The van der Waals surface area contributed by atoms with Crippen LogP contribution in [0, 0.1) is 11.8 Å². The Bertz CT molecular complexity index is 501. The highest BCUT2D eigenvalue weighted by atomic mass is 127. The first-order valence-electron chi connectivity index (χ1n) is 11.5. The number of likely N-dealkylation sites (tertiary alicyclic amines) is 2. The predicted octanol–water partition coefficient (Wildman–Crippen LogP) is 3.73. The quantitative estimate of drug-likeness (QED) is 0.360. The van der Waals surface area contributed by atoms with Crippen LogP contribution in [0.5, 0.6) is 0 Å². The highest BCUT2D eigenvalue weighted by molar-refractivity contribution is 14.0. The number of nitrogens with zero attached hydrogens (tertiary/aromatic N) is 3. The van der Waals surface area contributed by atoms with E-state index in [-0.39, 0.29) is 24.0 Å². The van der Waals surface area contributed by atoms with Gasteiger partial charge in [-0.15, -0.1) is 24.0 Å². The van der Waals surface area contributed by atoms with E-state index in [1.807, 2.05) is 14.2 Å². The Hall–Kier alpha value is -0.0800. The summed E-state index contributed by atoms with van der Waals surface area (Å²) in [4.78, 5) is 10.0. The lowest BCUT2D eigenvalue weighted by atomic mass is 9.82. The lowest BCUT2D eigenvalue weighted by Crippen LogP contribution is -2.58. The molecule has 6 heteroatoms. The maximum Gasteiger partial charge on any atom is 0.193 e. The maximum absolute atomic E-state index is 5.60. The van der Waals surface area contributed by atoms with Crippen molar-refractivity contribution in [2.45, 2.75) is 75.9 Å². The van der Waals surface area contributed by atoms with Crippen LogP contribution in [-0.2, 0) is 4.74 Å². The van der Waals surface area contributed by atoms with E-state index in [1.54, 1.807) is 0 Å². The Morgan fingerprint density at radius 2 is 1.61 bits per heavy atom. The van der Waals surface area contributed by atoms with Gasteiger partial charge in [-0.3, -0.25) is 9.89 Å². The fraction of sp³-hybridized carbons (Fsp3) is 0.955. The molecule has 0 bridgehead atoms. The lowest BCUT2D eigenvalue weighted by molar-refractivity contribution is -0.00177. The molecule has 0 amide bonds. The third kappa shape index (κ3) is 4.80. The van der Waals surface area contributed by atoms with E-state index in [0.717, 1.165) is 24.3 Å². The molecule has 2 saturated heterocycles. The van der Waals surface area contributed by atoms with Crippen molar-refractivity contribution in [3.05, 3.63) is 0 Å². The molecule has 2 atom stereocenters. The molecule has 0 aromatic carbocycles. The van der Waals surface area contributed by atoms with Crippen LogP contribution >= 0.6 is 24.0 Å². The molecular weight excluding hydrogens is 463 g/mol. The molecule has 4 rings (SSSR count). The van der Waals surface area contributed by atoms with Crippen LogP contribution in [0.4, 0.5) is 0 Å². The number of hydrogen-bond acceptors (Lipinski definition) is 3. The van der Waals surface area contributed by atoms with E-state index in [4.69, 9.17) is 4.74 Å². The van der Waals surface area contributed by atoms with Gasteiger partial charge < -0.3 is 15.0 Å². The molecule has 5 nitrogen and oxygen atoms in total. The van der Waals surface area contributed by atoms with Crippen LogP contribution in [-0.4, -0.2) is 74.3 Å². The summed E-state index contributed by atoms with van der Waals surface area (Å²) in [5.74, 6) is 2.97. The number of nitrogens with one attached hydrogen (secondary N) is 1. The molecule has 0 aromatic heterocycles. The highest BCUT2D eigenvalue weighted by Gasteiger charge is 2.42. The van der Waals surface area contributed by atoms with Gasteiger partial charge in [0.25, 0.3) is 0 Å². The number of rotatable bonds is 4. The Labute approximate surface area is 189 Å². The molecule has 4 aliphatic rings. The van der Waals surface area contributed by atoms with Gasteiger partial charge in [0.15, 0.2) is 5.96 Å². The Balaban J connectivity index is 0.00000225. The van der Waals surface area contributed by atoms with E-state index >= 15 is 0 Å². The first-order valence-corrected chi connectivity index (χ1v) is 11.5. The zero-order valence-electron chi connectivity index (χ0n) is 18.0. The zero-order valence-corrected chi connectivity index (χ0v) is 20.3. The van der Waals surface area contributed by atoms with E-state index in [9.17, 15) is 0 Å². The summed E-state index contributed by atoms with van der Waals surface area (Å²) >= 11 is 0. The molecule has 0 aromatic rings. The van der Waals surface area contributed by atoms with Gasteiger partial charge in [0, 0.05) is 52.4 Å². The van der Waals surface area contributed by atoms with Gasteiger partial charge in [-0.25, -0.2) is 0 Å². The van der Waals surface area contributed by atoms with Crippen LogP contribution < -0.4 is 5.32 Å². The van der Waals surface area contributed by atoms with Crippen molar-refractivity contribution in [1.29, 1.82) is 0 Å².